The van der Waals surface area contributed by atoms with Crippen molar-refractivity contribution in [3.05, 3.63) is 21.8 Å². The van der Waals surface area contributed by atoms with E-state index in [0.29, 0.717) is 18.4 Å². The van der Waals surface area contributed by atoms with E-state index in [1.165, 1.54) is 6.92 Å². The molecule has 7 heteroatoms. The average molecular weight is 571 g/mol. The lowest BCUT2D eigenvalue weighted by Crippen LogP contribution is -2.13. The summed E-state index contributed by atoms with van der Waals surface area (Å²) in [7, 11) is 1.71. The number of carbonyl (C=O) groups is 2. The molecule has 0 saturated carbocycles. The summed E-state index contributed by atoms with van der Waals surface area (Å²) in [6.45, 7) is 1.44. The van der Waals surface area contributed by atoms with Crippen LogP contribution in [0.2, 0.25) is 0 Å². The molecule has 0 aliphatic carbocycles. The van der Waals surface area contributed by atoms with Crippen LogP contribution in [0.25, 0.3) is 0 Å². The van der Waals surface area contributed by atoms with Gasteiger partial charge in [-0.15, -0.1) is 0 Å². The minimum absolute atomic E-state index is 0.130. The molecule has 1 rings (SSSR count). The van der Waals surface area contributed by atoms with Gasteiger partial charge in [-0.05, 0) is 74.7 Å². The van der Waals surface area contributed by atoms with Gasteiger partial charge in [-0.3, -0.25) is 4.79 Å². The molecule has 0 aliphatic heterocycles. The zero-order valence-corrected chi connectivity index (χ0v) is 15.4. The van der Waals surface area contributed by atoms with Crippen molar-refractivity contribution in [2.45, 2.75) is 6.92 Å². The molecule has 17 heavy (non-hydrogen) atoms. The molecular weight excluding hydrogens is 563 g/mol. The first kappa shape index (κ1) is 15.4. The fourth-order valence-electron chi connectivity index (χ4n) is 1.38. The molecular formula is C10H8I3NO3. The molecule has 2 N–H and O–H groups in total. The predicted octanol–water partition coefficient (Wildman–Crippen LogP) is 3.44. The first-order valence-corrected chi connectivity index (χ1v) is 7.69. The Bertz CT molecular complexity index is 473. The van der Waals surface area contributed by atoms with Crippen LogP contribution in [0.3, 0.4) is 0 Å². The molecule has 0 aliphatic rings. The van der Waals surface area contributed by atoms with Gasteiger partial charge in [0.25, 0.3) is 0 Å². The van der Waals surface area contributed by atoms with Crippen LogP contribution >= 0.6 is 67.8 Å². The fraction of sp³-hybridized carbons (Fsp3) is 0.200. The van der Waals surface area contributed by atoms with Crippen LogP contribution in [0.1, 0.15) is 27.6 Å². The van der Waals surface area contributed by atoms with E-state index < -0.39 is 5.97 Å². The van der Waals surface area contributed by atoms with E-state index >= 15 is 0 Å². The van der Waals surface area contributed by atoms with E-state index in [0.717, 1.165) is 3.57 Å². The molecule has 0 heterocycles. The number of halogens is 3. The van der Waals surface area contributed by atoms with Gasteiger partial charge in [0.15, 0.2) is 5.78 Å². The van der Waals surface area contributed by atoms with E-state index in [-0.39, 0.29) is 11.3 Å². The zero-order chi connectivity index (χ0) is 13.3. The standard InChI is InChI=1S/C10H8I3NO3/c1-3(15)4-6(11)5(10(16)17)8(13)9(14-2)7(4)12/h14H,1-2H3,(H,16,17). The molecule has 0 amide bonds. The van der Waals surface area contributed by atoms with Crippen LogP contribution in [0.4, 0.5) is 5.69 Å². The summed E-state index contributed by atoms with van der Waals surface area (Å²) in [5, 5.41) is 12.2. The highest BCUT2D eigenvalue weighted by molar-refractivity contribution is 14.1. The van der Waals surface area contributed by atoms with Gasteiger partial charge in [0.05, 0.1) is 14.8 Å². The monoisotopic (exact) mass is 571 g/mol. The smallest absolute Gasteiger partial charge is 0.337 e. The maximum Gasteiger partial charge on any atom is 0.337 e. The Balaban J connectivity index is 3.82. The van der Waals surface area contributed by atoms with Gasteiger partial charge in [-0.1, -0.05) is 0 Å². The van der Waals surface area contributed by atoms with E-state index in [1.54, 1.807) is 7.05 Å². The Morgan fingerprint density at radius 3 is 1.88 bits per heavy atom. The van der Waals surface area contributed by atoms with Gasteiger partial charge < -0.3 is 10.4 Å². The number of carboxylic acids is 1. The third-order valence-electron chi connectivity index (χ3n) is 2.13. The molecule has 0 atom stereocenters. The van der Waals surface area contributed by atoms with Gasteiger partial charge in [0, 0.05) is 19.8 Å². The molecule has 0 spiro atoms. The maximum absolute atomic E-state index is 11.6. The Morgan fingerprint density at radius 1 is 1.06 bits per heavy atom. The lowest BCUT2D eigenvalue weighted by Gasteiger charge is -2.15. The normalized spacial score (nSPS) is 10.2. The molecule has 1 aromatic carbocycles. The highest BCUT2D eigenvalue weighted by Gasteiger charge is 2.25. The number of carboxylic acid groups (broad SMARTS) is 1. The van der Waals surface area contributed by atoms with Crippen molar-refractivity contribution in [3.63, 3.8) is 0 Å². The maximum atomic E-state index is 11.6. The Hall–Kier alpha value is 0.350. The summed E-state index contributed by atoms with van der Waals surface area (Å²) in [6, 6.07) is 0. The van der Waals surface area contributed by atoms with Crippen LogP contribution < -0.4 is 5.32 Å². The fourth-order valence-corrected chi connectivity index (χ4v) is 6.31. The summed E-state index contributed by atoms with van der Waals surface area (Å²) in [5.74, 6) is -1.15. The summed E-state index contributed by atoms with van der Waals surface area (Å²) < 4.78 is 1.88. The number of hydrogen-bond acceptors (Lipinski definition) is 3. The number of rotatable bonds is 3. The molecule has 0 saturated heterocycles. The van der Waals surface area contributed by atoms with Crippen LogP contribution in [-0.2, 0) is 0 Å². The number of anilines is 1. The molecule has 0 aromatic heterocycles. The number of ketones is 1. The van der Waals surface area contributed by atoms with Crippen molar-refractivity contribution in [2.24, 2.45) is 0 Å². The largest absolute Gasteiger partial charge is 0.478 e. The summed E-state index contributed by atoms with van der Waals surface area (Å²) in [6.07, 6.45) is 0. The SMILES string of the molecule is CNc1c(I)c(C(C)=O)c(I)c(C(=O)O)c1I. The Labute approximate surface area is 139 Å². The molecule has 0 bridgehead atoms. The van der Waals surface area contributed by atoms with Crippen molar-refractivity contribution in [1.29, 1.82) is 0 Å². The second-order valence-corrected chi connectivity index (χ2v) is 6.41. The molecule has 0 unspecified atom stereocenters. The van der Waals surface area contributed by atoms with Gasteiger partial charge in [-0.2, -0.15) is 0 Å². The lowest BCUT2D eigenvalue weighted by molar-refractivity contribution is 0.0694. The molecule has 0 fully saturated rings. The van der Waals surface area contributed by atoms with E-state index in [9.17, 15) is 14.7 Å². The molecule has 4 nitrogen and oxygen atoms in total. The summed E-state index contributed by atoms with van der Waals surface area (Å²) in [4.78, 5) is 22.9. The van der Waals surface area contributed by atoms with Crippen LogP contribution in [0.5, 0.6) is 0 Å². The Kier molecular flexibility index (Phi) is 5.43. The van der Waals surface area contributed by atoms with Crippen molar-refractivity contribution >= 4 is 85.2 Å². The first-order valence-electron chi connectivity index (χ1n) is 4.45. The summed E-state index contributed by atoms with van der Waals surface area (Å²) >= 11 is 5.96. The second-order valence-electron chi connectivity index (χ2n) is 3.18. The van der Waals surface area contributed by atoms with E-state index in [1.807, 2.05) is 45.2 Å². The summed E-state index contributed by atoms with van der Waals surface area (Å²) in [5.41, 5.74) is 1.34. The lowest BCUT2D eigenvalue weighted by atomic mass is 10.1. The van der Waals surface area contributed by atoms with E-state index in [2.05, 4.69) is 27.9 Å². The number of hydrogen-bond donors (Lipinski definition) is 2. The number of benzene rings is 1. The highest BCUT2D eigenvalue weighted by atomic mass is 127. The van der Waals surface area contributed by atoms with Gasteiger partial charge in [0.1, 0.15) is 0 Å². The quantitative estimate of drug-likeness (QED) is 0.432. The number of nitrogens with one attached hydrogen (secondary N) is 1. The van der Waals surface area contributed by atoms with Gasteiger partial charge in [-0.25, -0.2) is 4.79 Å². The van der Waals surface area contributed by atoms with Crippen molar-refractivity contribution in [3.8, 4) is 0 Å². The van der Waals surface area contributed by atoms with Crippen molar-refractivity contribution in [1.82, 2.24) is 0 Å². The van der Waals surface area contributed by atoms with Crippen molar-refractivity contribution < 1.29 is 14.7 Å². The topological polar surface area (TPSA) is 66.4 Å². The highest BCUT2D eigenvalue weighted by Crippen LogP contribution is 2.35. The second kappa shape index (κ2) is 5.99. The molecule has 1 aromatic rings. The number of aromatic carboxylic acids is 1. The Morgan fingerprint density at radius 2 is 1.53 bits per heavy atom. The minimum Gasteiger partial charge on any atom is -0.478 e. The van der Waals surface area contributed by atoms with Crippen LogP contribution in [-0.4, -0.2) is 23.9 Å². The predicted molar refractivity (Wildman–Crippen MR) is 91.1 cm³/mol. The minimum atomic E-state index is -1.02. The zero-order valence-electron chi connectivity index (χ0n) is 8.90. The third-order valence-corrected chi connectivity index (χ3v) is 5.37. The number of carbonyl (C=O) groups excluding carboxylic acids is 1. The number of Topliss-reactive ketones (excluding diaryl/α,β-unsaturated/α-hetero) is 1. The van der Waals surface area contributed by atoms with Gasteiger partial charge in [0.2, 0.25) is 0 Å². The first-order chi connectivity index (χ1) is 7.82. The van der Waals surface area contributed by atoms with Crippen LogP contribution in [0, 0.1) is 10.7 Å². The van der Waals surface area contributed by atoms with Crippen LogP contribution in [0.15, 0.2) is 0 Å². The van der Waals surface area contributed by atoms with Crippen molar-refractivity contribution in [2.75, 3.05) is 12.4 Å². The molecule has 0 radical (unpaired) electrons. The molecule has 92 valence electrons. The third kappa shape index (κ3) is 2.85. The van der Waals surface area contributed by atoms with Gasteiger partial charge >= 0.3 is 5.97 Å². The average Bonchev–Trinajstić information content (AvgIpc) is 2.16. The van der Waals surface area contributed by atoms with E-state index in [4.69, 9.17) is 0 Å².